The summed E-state index contributed by atoms with van der Waals surface area (Å²) in [7, 11) is 0. The Balaban J connectivity index is 1.92. The van der Waals surface area contributed by atoms with Crippen molar-refractivity contribution in [2.24, 2.45) is 0 Å². The van der Waals surface area contributed by atoms with Crippen LogP contribution in [0.1, 0.15) is 11.1 Å². The minimum Gasteiger partial charge on any atom is -0.483 e. The number of ether oxygens (including phenoxy) is 1. The highest BCUT2D eigenvalue weighted by molar-refractivity contribution is 6.30. The Kier molecular flexibility index (Phi) is 4.64. The summed E-state index contributed by atoms with van der Waals surface area (Å²) in [5.74, 6) is 0.421. The number of carbonyl (C=O) groups is 1. The smallest absolute Gasteiger partial charge is 0.262 e. The third-order valence-corrected chi connectivity index (χ3v) is 3.08. The van der Waals surface area contributed by atoms with Crippen LogP contribution in [0.5, 0.6) is 5.75 Å². The standard InChI is InChI=1S/C16H16ClNO2/c1-11-3-7-14(8-4-11)18-16(19)10-20-15-9-13(17)6-5-12(15)2/h3-9H,10H2,1-2H3,(H,18,19). The minimum absolute atomic E-state index is 0.0466. The molecular weight excluding hydrogens is 274 g/mol. The molecule has 2 aromatic carbocycles. The van der Waals surface area contributed by atoms with E-state index >= 15 is 0 Å². The van der Waals surface area contributed by atoms with Crippen LogP contribution in [0.3, 0.4) is 0 Å². The van der Waals surface area contributed by atoms with E-state index in [-0.39, 0.29) is 12.5 Å². The molecule has 0 aliphatic rings. The van der Waals surface area contributed by atoms with Gasteiger partial charge in [0.05, 0.1) is 0 Å². The van der Waals surface area contributed by atoms with Gasteiger partial charge < -0.3 is 10.1 Å². The summed E-state index contributed by atoms with van der Waals surface area (Å²) < 4.78 is 5.48. The molecule has 0 aromatic heterocycles. The summed E-state index contributed by atoms with van der Waals surface area (Å²) >= 11 is 5.90. The van der Waals surface area contributed by atoms with Gasteiger partial charge in [-0.25, -0.2) is 0 Å². The van der Waals surface area contributed by atoms with Gasteiger partial charge in [0, 0.05) is 10.7 Å². The summed E-state index contributed by atoms with van der Waals surface area (Å²) in [4.78, 5) is 11.8. The molecule has 0 saturated carbocycles. The van der Waals surface area contributed by atoms with Crippen LogP contribution in [0.4, 0.5) is 5.69 Å². The van der Waals surface area contributed by atoms with Crippen molar-refractivity contribution in [3.8, 4) is 5.75 Å². The first-order valence-corrected chi connectivity index (χ1v) is 6.68. The zero-order valence-corrected chi connectivity index (χ0v) is 12.2. The first kappa shape index (κ1) is 14.4. The monoisotopic (exact) mass is 289 g/mol. The van der Waals surface area contributed by atoms with E-state index in [4.69, 9.17) is 16.3 Å². The molecule has 0 saturated heterocycles. The van der Waals surface area contributed by atoms with E-state index in [9.17, 15) is 4.79 Å². The zero-order valence-electron chi connectivity index (χ0n) is 11.4. The Morgan fingerprint density at radius 3 is 2.55 bits per heavy atom. The maximum absolute atomic E-state index is 11.8. The van der Waals surface area contributed by atoms with Crippen molar-refractivity contribution in [3.63, 3.8) is 0 Å². The molecule has 3 nitrogen and oxygen atoms in total. The van der Waals surface area contributed by atoms with Gasteiger partial charge in [0.25, 0.3) is 5.91 Å². The molecule has 2 aromatic rings. The van der Waals surface area contributed by atoms with E-state index < -0.39 is 0 Å². The van der Waals surface area contributed by atoms with Gasteiger partial charge in [-0.1, -0.05) is 35.4 Å². The van der Waals surface area contributed by atoms with Gasteiger partial charge in [0.15, 0.2) is 6.61 Å². The number of anilines is 1. The largest absolute Gasteiger partial charge is 0.483 e. The van der Waals surface area contributed by atoms with E-state index in [1.165, 1.54) is 0 Å². The second kappa shape index (κ2) is 6.44. The van der Waals surface area contributed by atoms with E-state index in [0.717, 1.165) is 16.8 Å². The molecule has 104 valence electrons. The number of benzene rings is 2. The quantitative estimate of drug-likeness (QED) is 0.925. The van der Waals surface area contributed by atoms with Crippen molar-refractivity contribution in [1.29, 1.82) is 0 Å². The van der Waals surface area contributed by atoms with Gasteiger partial charge in [0.1, 0.15) is 5.75 Å². The number of nitrogens with one attached hydrogen (secondary N) is 1. The van der Waals surface area contributed by atoms with Gasteiger partial charge in [0.2, 0.25) is 0 Å². The maximum Gasteiger partial charge on any atom is 0.262 e. The number of carbonyl (C=O) groups excluding carboxylic acids is 1. The van der Waals surface area contributed by atoms with E-state index in [0.29, 0.717) is 10.8 Å². The molecule has 0 spiro atoms. The molecule has 1 N–H and O–H groups in total. The van der Waals surface area contributed by atoms with Crippen LogP contribution in [0.25, 0.3) is 0 Å². The van der Waals surface area contributed by atoms with E-state index in [2.05, 4.69) is 5.32 Å². The number of rotatable bonds is 4. The summed E-state index contributed by atoms with van der Waals surface area (Å²) in [5.41, 5.74) is 2.85. The Morgan fingerprint density at radius 2 is 1.85 bits per heavy atom. The molecule has 0 atom stereocenters. The Morgan fingerprint density at radius 1 is 1.15 bits per heavy atom. The minimum atomic E-state index is -0.201. The molecular formula is C16H16ClNO2. The zero-order chi connectivity index (χ0) is 14.5. The topological polar surface area (TPSA) is 38.3 Å². The number of halogens is 1. The molecule has 0 unspecified atom stereocenters. The van der Waals surface area contributed by atoms with Crippen molar-refractivity contribution in [2.75, 3.05) is 11.9 Å². The van der Waals surface area contributed by atoms with Gasteiger partial charge in [-0.15, -0.1) is 0 Å². The Labute approximate surface area is 123 Å². The third kappa shape index (κ3) is 4.00. The Bertz CT molecular complexity index is 608. The fraction of sp³-hybridized carbons (Fsp3) is 0.188. The van der Waals surface area contributed by atoms with Gasteiger partial charge in [-0.05, 0) is 43.7 Å². The van der Waals surface area contributed by atoms with Crippen molar-refractivity contribution in [2.45, 2.75) is 13.8 Å². The van der Waals surface area contributed by atoms with Crippen molar-refractivity contribution >= 4 is 23.2 Å². The van der Waals surface area contributed by atoms with Crippen LogP contribution in [-0.2, 0) is 4.79 Å². The van der Waals surface area contributed by atoms with Crippen molar-refractivity contribution < 1.29 is 9.53 Å². The summed E-state index contributed by atoms with van der Waals surface area (Å²) in [6.07, 6.45) is 0. The molecule has 4 heteroatoms. The van der Waals surface area contributed by atoms with Crippen LogP contribution >= 0.6 is 11.6 Å². The highest BCUT2D eigenvalue weighted by Gasteiger charge is 2.06. The summed E-state index contributed by atoms with van der Waals surface area (Å²) in [6.45, 7) is 3.86. The fourth-order valence-corrected chi connectivity index (χ4v) is 1.87. The number of hydrogen-bond donors (Lipinski definition) is 1. The maximum atomic E-state index is 11.8. The molecule has 20 heavy (non-hydrogen) atoms. The molecule has 0 fully saturated rings. The van der Waals surface area contributed by atoms with Crippen LogP contribution in [0, 0.1) is 13.8 Å². The highest BCUT2D eigenvalue weighted by Crippen LogP contribution is 2.22. The predicted octanol–water partition coefficient (Wildman–Crippen LogP) is 3.97. The lowest BCUT2D eigenvalue weighted by Crippen LogP contribution is -2.20. The summed E-state index contributed by atoms with van der Waals surface area (Å²) in [6, 6.07) is 13.0. The van der Waals surface area contributed by atoms with Crippen molar-refractivity contribution in [3.05, 3.63) is 58.6 Å². The molecule has 0 aliphatic carbocycles. The SMILES string of the molecule is Cc1ccc(NC(=O)COc2cc(Cl)ccc2C)cc1. The lowest BCUT2D eigenvalue weighted by molar-refractivity contribution is -0.118. The van der Waals surface area contributed by atoms with Gasteiger partial charge in [-0.3, -0.25) is 4.79 Å². The first-order valence-electron chi connectivity index (χ1n) is 6.30. The average Bonchev–Trinajstić information content (AvgIpc) is 2.42. The van der Waals surface area contributed by atoms with Crippen molar-refractivity contribution in [1.82, 2.24) is 0 Å². The number of hydrogen-bond acceptors (Lipinski definition) is 2. The lowest BCUT2D eigenvalue weighted by Gasteiger charge is -2.10. The molecule has 2 rings (SSSR count). The number of aryl methyl sites for hydroxylation is 2. The van der Waals surface area contributed by atoms with E-state index in [1.807, 2.05) is 44.2 Å². The lowest BCUT2D eigenvalue weighted by atomic mass is 10.2. The van der Waals surface area contributed by atoms with Crippen LogP contribution < -0.4 is 10.1 Å². The second-order valence-corrected chi connectivity index (χ2v) is 5.05. The number of amides is 1. The fourth-order valence-electron chi connectivity index (χ4n) is 1.71. The van der Waals surface area contributed by atoms with Crippen LogP contribution in [0.2, 0.25) is 5.02 Å². The average molecular weight is 290 g/mol. The third-order valence-electron chi connectivity index (χ3n) is 2.84. The molecule has 0 heterocycles. The second-order valence-electron chi connectivity index (χ2n) is 4.61. The van der Waals surface area contributed by atoms with Gasteiger partial charge >= 0.3 is 0 Å². The van der Waals surface area contributed by atoms with Crippen LogP contribution in [0.15, 0.2) is 42.5 Å². The first-order chi connectivity index (χ1) is 9.54. The molecule has 1 amide bonds. The molecule has 0 radical (unpaired) electrons. The Hall–Kier alpha value is -2.00. The summed E-state index contributed by atoms with van der Waals surface area (Å²) in [5, 5.41) is 3.36. The van der Waals surface area contributed by atoms with Gasteiger partial charge in [-0.2, -0.15) is 0 Å². The predicted molar refractivity (Wildman–Crippen MR) is 81.5 cm³/mol. The molecule has 0 bridgehead atoms. The van der Waals surface area contributed by atoms with E-state index in [1.54, 1.807) is 12.1 Å². The van der Waals surface area contributed by atoms with Crippen LogP contribution in [-0.4, -0.2) is 12.5 Å². The molecule has 0 aliphatic heterocycles. The normalized spacial score (nSPS) is 10.2. The highest BCUT2D eigenvalue weighted by atomic mass is 35.5.